The molecule has 1 aromatic heterocycles. The van der Waals surface area contributed by atoms with Crippen molar-refractivity contribution in [2.24, 2.45) is 0 Å². The Bertz CT molecular complexity index is 759. The highest BCUT2D eigenvalue weighted by molar-refractivity contribution is 7.10. The van der Waals surface area contributed by atoms with Crippen molar-refractivity contribution in [3.05, 3.63) is 45.6 Å². The summed E-state index contributed by atoms with van der Waals surface area (Å²) in [5.74, 6) is 1.99. The van der Waals surface area contributed by atoms with E-state index in [1.807, 2.05) is 18.3 Å². The van der Waals surface area contributed by atoms with Gasteiger partial charge in [0.2, 0.25) is 0 Å². The fourth-order valence-corrected chi connectivity index (χ4v) is 4.89. The number of hydrogen-bond acceptors (Lipinski definition) is 6. The van der Waals surface area contributed by atoms with Gasteiger partial charge in [-0.15, -0.1) is 11.3 Å². The summed E-state index contributed by atoms with van der Waals surface area (Å²) in [5, 5.41) is 5.84. The molecule has 1 saturated heterocycles. The lowest BCUT2D eigenvalue weighted by molar-refractivity contribution is 0.0168. The number of rotatable bonds is 8. The van der Waals surface area contributed by atoms with Crippen molar-refractivity contribution in [1.82, 2.24) is 10.2 Å². The number of nitrogens with zero attached hydrogens (tertiary/aromatic N) is 1. The first kappa shape index (κ1) is 19.7. The molecule has 2 aromatic rings. The molecule has 1 N–H and O–H groups in total. The highest BCUT2D eigenvalue weighted by atomic mass is 32.1. The quantitative estimate of drug-likeness (QED) is 0.730. The molecule has 4 rings (SSSR count). The second-order valence-corrected chi connectivity index (χ2v) is 8.42. The summed E-state index contributed by atoms with van der Waals surface area (Å²) in [6, 6.07) is 9.08. The molecule has 0 amide bonds. The minimum absolute atomic E-state index is 0.247. The maximum Gasteiger partial charge on any atom is 0.124 e. The molecule has 0 unspecified atom stereocenters. The van der Waals surface area contributed by atoms with E-state index in [-0.39, 0.29) is 6.10 Å². The first-order valence-corrected chi connectivity index (χ1v) is 11.1. The van der Waals surface area contributed by atoms with Gasteiger partial charge in [0.1, 0.15) is 17.6 Å². The highest BCUT2D eigenvalue weighted by Crippen LogP contribution is 2.35. The van der Waals surface area contributed by atoms with E-state index >= 15 is 0 Å². The highest BCUT2D eigenvalue weighted by Gasteiger charge is 2.24. The van der Waals surface area contributed by atoms with Crippen molar-refractivity contribution in [1.29, 1.82) is 0 Å². The van der Waals surface area contributed by atoms with Crippen molar-refractivity contribution in [2.75, 3.05) is 39.5 Å². The lowest BCUT2D eigenvalue weighted by atomic mass is 10.1. The normalized spacial score (nSPS) is 20.6. The summed E-state index contributed by atoms with van der Waals surface area (Å²) in [5.41, 5.74) is 2.42. The second-order valence-electron chi connectivity index (χ2n) is 7.44. The van der Waals surface area contributed by atoms with E-state index in [1.54, 1.807) is 0 Å². The van der Waals surface area contributed by atoms with Gasteiger partial charge in [0.25, 0.3) is 0 Å². The predicted octanol–water partition coefficient (Wildman–Crippen LogP) is 3.63. The number of morpholine rings is 1. The minimum Gasteiger partial charge on any atom is -0.494 e. The molecule has 3 heterocycles. The van der Waals surface area contributed by atoms with E-state index < -0.39 is 0 Å². The Morgan fingerprint density at radius 2 is 2.18 bits per heavy atom. The summed E-state index contributed by atoms with van der Waals surface area (Å²) in [7, 11) is 0. The fraction of sp³-hybridized carbons (Fsp3) is 0.545. The van der Waals surface area contributed by atoms with Crippen LogP contribution in [-0.4, -0.2) is 50.5 Å². The molecule has 0 saturated carbocycles. The molecule has 0 spiro atoms. The molecule has 2 aliphatic rings. The van der Waals surface area contributed by atoms with Crippen LogP contribution in [0.1, 0.15) is 35.9 Å². The lowest BCUT2D eigenvalue weighted by Crippen LogP contribution is -2.42. The smallest absolute Gasteiger partial charge is 0.124 e. The maximum absolute atomic E-state index is 5.96. The summed E-state index contributed by atoms with van der Waals surface area (Å²) < 4.78 is 17.4. The molecule has 1 fully saturated rings. The Morgan fingerprint density at radius 1 is 1.32 bits per heavy atom. The first-order valence-electron chi connectivity index (χ1n) is 10.3. The number of fused-ring (bicyclic) bond motifs is 1. The van der Waals surface area contributed by atoms with Gasteiger partial charge in [-0.05, 0) is 37.4 Å². The summed E-state index contributed by atoms with van der Waals surface area (Å²) in [6.45, 7) is 10.1. The standard InChI is InChI=1S/C22H30N2O3S/c1-3-26-20-12-17-11-16(2)27-21(17)13-18(20)14-23-15-19(22-5-4-10-28-22)24-6-8-25-9-7-24/h4-5,10,12-13,16,19,23H,3,6-9,11,14-15H2,1-2H3/t16-,19+/m1/s1. The average molecular weight is 403 g/mol. The lowest BCUT2D eigenvalue weighted by Gasteiger charge is -2.34. The van der Waals surface area contributed by atoms with Crippen LogP contribution in [0, 0.1) is 0 Å². The molecular weight excluding hydrogens is 372 g/mol. The second kappa shape index (κ2) is 9.27. The van der Waals surface area contributed by atoms with E-state index in [9.17, 15) is 0 Å². The van der Waals surface area contributed by atoms with E-state index in [1.165, 1.54) is 16.0 Å². The number of benzene rings is 1. The Labute approximate surface area is 171 Å². The third-order valence-corrected chi connectivity index (χ3v) is 6.36. The number of hydrogen-bond donors (Lipinski definition) is 1. The van der Waals surface area contributed by atoms with Crippen molar-refractivity contribution < 1.29 is 14.2 Å². The van der Waals surface area contributed by atoms with Gasteiger partial charge in [-0.3, -0.25) is 4.90 Å². The van der Waals surface area contributed by atoms with Crippen LogP contribution < -0.4 is 14.8 Å². The van der Waals surface area contributed by atoms with Gasteiger partial charge in [0, 0.05) is 48.6 Å². The molecule has 2 aliphatic heterocycles. The molecule has 1 aromatic carbocycles. The minimum atomic E-state index is 0.247. The first-order chi connectivity index (χ1) is 13.7. The van der Waals surface area contributed by atoms with E-state index in [2.05, 4.69) is 46.8 Å². The molecule has 0 bridgehead atoms. The molecule has 6 heteroatoms. The fourth-order valence-electron chi connectivity index (χ4n) is 4.03. The summed E-state index contributed by atoms with van der Waals surface area (Å²) in [4.78, 5) is 3.93. The van der Waals surface area contributed by atoms with Crippen LogP contribution in [-0.2, 0) is 17.7 Å². The molecule has 2 atom stereocenters. The van der Waals surface area contributed by atoms with Gasteiger partial charge >= 0.3 is 0 Å². The zero-order chi connectivity index (χ0) is 19.3. The predicted molar refractivity (Wildman–Crippen MR) is 113 cm³/mol. The van der Waals surface area contributed by atoms with Crippen LogP contribution in [0.25, 0.3) is 0 Å². The Morgan fingerprint density at radius 3 is 2.93 bits per heavy atom. The number of nitrogens with one attached hydrogen (secondary N) is 1. The Balaban J connectivity index is 1.45. The van der Waals surface area contributed by atoms with Crippen LogP contribution in [0.3, 0.4) is 0 Å². The third kappa shape index (κ3) is 4.51. The van der Waals surface area contributed by atoms with Gasteiger partial charge in [0.05, 0.1) is 25.9 Å². The van der Waals surface area contributed by atoms with E-state index in [0.717, 1.165) is 57.3 Å². The van der Waals surface area contributed by atoms with Gasteiger partial charge in [-0.1, -0.05) is 6.07 Å². The maximum atomic E-state index is 5.96. The van der Waals surface area contributed by atoms with Crippen molar-refractivity contribution >= 4 is 11.3 Å². The van der Waals surface area contributed by atoms with Gasteiger partial charge in [0.15, 0.2) is 0 Å². The van der Waals surface area contributed by atoms with Crippen LogP contribution in [0.4, 0.5) is 0 Å². The molecule has 0 radical (unpaired) electrons. The number of thiophene rings is 1. The molecule has 28 heavy (non-hydrogen) atoms. The SMILES string of the molecule is CCOc1cc2c(cc1CNC[C@@H](c1cccs1)N1CCOCC1)O[C@H](C)C2. The van der Waals surface area contributed by atoms with Gasteiger partial charge in [-0.25, -0.2) is 0 Å². The molecular formula is C22H30N2O3S. The van der Waals surface area contributed by atoms with Gasteiger partial charge < -0.3 is 19.5 Å². The third-order valence-electron chi connectivity index (χ3n) is 5.39. The Hall–Kier alpha value is -1.60. The van der Waals surface area contributed by atoms with Crippen LogP contribution in [0.15, 0.2) is 29.6 Å². The van der Waals surface area contributed by atoms with Crippen molar-refractivity contribution in [2.45, 2.75) is 39.0 Å². The Kier molecular flexibility index (Phi) is 6.52. The van der Waals surface area contributed by atoms with Crippen LogP contribution in [0.2, 0.25) is 0 Å². The number of ether oxygens (including phenoxy) is 3. The van der Waals surface area contributed by atoms with E-state index in [4.69, 9.17) is 14.2 Å². The molecule has 0 aliphatic carbocycles. The van der Waals surface area contributed by atoms with Gasteiger partial charge in [-0.2, -0.15) is 0 Å². The van der Waals surface area contributed by atoms with E-state index in [0.29, 0.717) is 12.6 Å². The monoisotopic (exact) mass is 402 g/mol. The zero-order valence-corrected chi connectivity index (χ0v) is 17.6. The summed E-state index contributed by atoms with van der Waals surface area (Å²) >= 11 is 1.83. The van der Waals surface area contributed by atoms with Crippen LogP contribution in [0.5, 0.6) is 11.5 Å². The molecule has 5 nitrogen and oxygen atoms in total. The van der Waals surface area contributed by atoms with Crippen molar-refractivity contribution in [3.63, 3.8) is 0 Å². The topological polar surface area (TPSA) is 43.0 Å². The van der Waals surface area contributed by atoms with Crippen LogP contribution >= 0.6 is 11.3 Å². The summed E-state index contributed by atoms with van der Waals surface area (Å²) in [6.07, 6.45) is 1.21. The van der Waals surface area contributed by atoms with Crippen molar-refractivity contribution in [3.8, 4) is 11.5 Å². The average Bonchev–Trinajstić information content (AvgIpc) is 3.35. The molecule has 152 valence electrons. The largest absolute Gasteiger partial charge is 0.494 e. The zero-order valence-electron chi connectivity index (χ0n) is 16.8.